The number of phenols is 1. The van der Waals surface area contributed by atoms with Crippen LogP contribution in [0, 0.1) is 5.82 Å². The topological polar surface area (TPSA) is 125 Å². The maximum atomic E-state index is 15.3. The number of amides is 3. The van der Waals surface area contributed by atoms with Crippen molar-refractivity contribution in [3.8, 4) is 5.75 Å². The SMILES string of the molecule is O=C(NC1CC1)C(=O)C1(NC(=O)C(CC2(F)CCCC2)NC(=O)c2ccc(O)c(F)c2)CC(F)(F)C1. The number of Topliss-reactive ketones (excluding diaryl/α,β-unsaturated/α-hetero) is 1. The van der Waals surface area contributed by atoms with Crippen LogP contribution in [-0.4, -0.2) is 57.8 Å². The highest BCUT2D eigenvalue weighted by Crippen LogP contribution is 2.46. The van der Waals surface area contributed by atoms with E-state index >= 15 is 4.39 Å². The third-order valence-electron chi connectivity index (χ3n) is 6.94. The Bertz CT molecular complexity index is 1080. The summed E-state index contributed by atoms with van der Waals surface area (Å²) >= 11 is 0. The number of nitrogens with one attached hydrogen (secondary N) is 3. The molecule has 0 bridgehead atoms. The lowest BCUT2D eigenvalue weighted by atomic mass is 9.70. The van der Waals surface area contributed by atoms with E-state index in [0.29, 0.717) is 25.7 Å². The number of rotatable bonds is 9. The quantitative estimate of drug-likeness (QED) is 0.298. The number of benzene rings is 1. The molecule has 0 aliphatic heterocycles. The molecule has 196 valence electrons. The lowest BCUT2D eigenvalue weighted by Crippen LogP contribution is -2.71. The third-order valence-corrected chi connectivity index (χ3v) is 6.94. The summed E-state index contributed by atoms with van der Waals surface area (Å²) in [5, 5.41) is 16.2. The number of alkyl halides is 3. The molecule has 0 spiro atoms. The normalized spacial score (nSPS) is 22.1. The molecular weight excluding hydrogens is 486 g/mol. The van der Waals surface area contributed by atoms with E-state index < -0.39 is 77.5 Å². The summed E-state index contributed by atoms with van der Waals surface area (Å²) < 4.78 is 56.7. The van der Waals surface area contributed by atoms with Crippen LogP contribution >= 0.6 is 0 Å². The number of carbonyl (C=O) groups excluding carboxylic acids is 4. The van der Waals surface area contributed by atoms with Gasteiger partial charge in [0.2, 0.25) is 11.7 Å². The Morgan fingerprint density at radius 3 is 2.25 bits per heavy atom. The van der Waals surface area contributed by atoms with Crippen molar-refractivity contribution in [1.29, 1.82) is 0 Å². The van der Waals surface area contributed by atoms with Crippen molar-refractivity contribution >= 4 is 23.5 Å². The number of phenolic OH excluding ortho intramolecular Hbond substituents is 1. The summed E-state index contributed by atoms with van der Waals surface area (Å²) in [6.07, 6.45) is -0.0620. The number of hydrogen-bond acceptors (Lipinski definition) is 5. The molecule has 4 N–H and O–H groups in total. The second kappa shape index (κ2) is 9.36. The van der Waals surface area contributed by atoms with Crippen molar-refractivity contribution in [3.05, 3.63) is 29.6 Å². The minimum Gasteiger partial charge on any atom is -0.505 e. The first-order valence-corrected chi connectivity index (χ1v) is 11.8. The Balaban J connectivity index is 1.54. The van der Waals surface area contributed by atoms with E-state index in [2.05, 4.69) is 16.0 Å². The van der Waals surface area contributed by atoms with E-state index in [1.807, 2.05) is 0 Å². The average molecular weight is 513 g/mol. The maximum Gasteiger partial charge on any atom is 0.290 e. The zero-order chi connectivity index (χ0) is 26.3. The van der Waals surface area contributed by atoms with Gasteiger partial charge in [-0.15, -0.1) is 0 Å². The monoisotopic (exact) mass is 513 g/mol. The second-order valence-corrected chi connectivity index (χ2v) is 10.1. The molecule has 3 aliphatic carbocycles. The summed E-state index contributed by atoms with van der Waals surface area (Å²) in [4.78, 5) is 51.0. The Morgan fingerprint density at radius 2 is 1.69 bits per heavy atom. The van der Waals surface area contributed by atoms with Crippen molar-refractivity contribution in [2.24, 2.45) is 0 Å². The van der Waals surface area contributed by atoms with E-state index in [1.165, 1.54) is 0 Å². The van der Waals surface area contributed by atoms with Crippen LogP contribution in [0.1, 0.15) is 68.1 Å². The number of carbonyl (C=O) groups is 4. The van der Waals surface area contributed by atoms with Crippen LogP contribution in [0.4, 0.5) is 17.6 Å². The van der Waals surface area contributed by atoms with Crippen molar-refractivity contribution in [2.75, 3.05) is 0 Å². The molecule has 4 rings (SSSR count). The molecule has 36 heavy (non-hydrogen) atoms. The minimum absolute atomic E-state index is 0.117. The fourth-order valence-corrected chi connectivity index (χ4v) is 4.83. The first kappa shape index (κ1) is 25.9. The molecule has 0 aromatic heterocycles. The van der Waals surface area contributed by atoms with Gasteiger partial charge in [-0.3, -0.25) is 19.2 Å². The van der Waals surface area contributed by atoms with Gasteiger partial charge in [0.25, 0.3) is 17.7 Å². The van der Waals surface area contributed by atoms with Gasteiger partial charge in [-0.05, 0) is 43.9 Å². The fourth-order valence-electron chi connectivity index (χ4n) is 4.83. The van der Waals surface area contributed by atoms with Crippen LogP contribution in [0.5, 0.6) is 5.75 Å². The van der Waals surface area contributed by atoms with E-state index in [1.54, 1.807) is 0 Å². The zero-order valence-electron chi connectivity index (χ0n) is 19.3. The van der Waals surface area contributed by atoms with Gasteiger partial charge in [0.15, 0.2) is 11.6 Å². The molecule has 1 atom stereocenters. The van der Waals surface area contributed by atoms with E-state index in [4.69, 9.17) is 0 Å². The molecular formula is C24H27F4N3O5. The second-order valence-electron chi connectivity index (χ2n) is 10.1. The van der Waals surface area contributed by atoms with Gasteiger partial charge in [0.1, 0.15) is 17.2 Å². The van der Waals surface area contributed by atoms with Crippen LogP contribution in [-0.2, 0) is 14.4 Å². The Morgan fingerprint density at radius 1 is 1.06 bits per heavy atom. The average Bonchev–Trinajstić information content (AvgIpc) is 3.50. The molecule has 3 aliphatic rings. The van der Waals surface area contributed by atoms with E-state index in [0.717, 1.165) is 18.2 Å². The lowest BCUT2D eigenvalue weighted by molar-refractivity contribution is -0.168. The number of ketones is 1. The number of halogens is 4. The number of aromatic hydroxyl groups is 1. The smallest absolute Gasteiger partial charge is 0.290 e. The highest BCUT2D eigenvalue weighted by atomic mass is 19.3. The summed E-state index contributed by atoms with van der Waals surface area (Å²) in [6, 6.07) is 0.919. The number of hydrogen-bond donors (Lipinski definition) is 4. The molecule has 1 unspecified atom stereocenters. The van der Waals surface area contributed by atoms with Crippen molar-refractivity contribution in [3.63, 3.8) is 0 Å². The molecule has 1 aromatic rings. The predicted octanol–water partition coefficient (Wildman–Crippen LogP) is 2.43. The zero-order valence-corrected chi connectivity index (χ0v) is 19.3. The third kappa shape index (κ3) is 5.62. The maximum absolute atomic E-state index is 15.3. The molecule has 3 fully saturated rings. The summed E-state index contributed by atoms with van der Waals surface area (Å²) in [7, 11) is 0. The molecule has 0 radical (unpaired) electrons. The Hall–Kier alpha value is -3.18. The van der Waals surface area contributed by atoms with Gasteiger partial charge in [-0.2, -0.15) is 0 Å². The molecule has 8 nitrogen and oxygen atoms in total. The van der Waals surface area contributed by atoms with Gasteiger partial charge < -0.3 is 21.1 Å². The molecule has 12 heteroatoms. The first-order chi connectivity index (χ1) is 16.8. The van der Waals surface area contributed by atoms with Gasteiger partial charge in [0.05, 0.1) is 0 Å². The van der Waals surface area contributed by atoms with Crippen molar-refractivity contribution in [1.82, 2.24) is 16.0 Å². The van der Waals surface area contributed by atoms with Gasteiger partial charge >= 0.3 is 0 Å². The van der Waals surface area contributed by atoms with Crippen LogP contribution in [0.15, 0.2) is 18.2 Å². The standard InChI is InChI=1S/C24H27F4N3O5/c25-15-9-13(3-6-17(15)32)19(34)30-16(10-22(26)7-1-2-8-22)20(35)31-23(11-24(27,28)12-23)18(33)21(36)29-14-4-5-14/h3,6,9,14,16,32H,1-2,4-5,7-8,10-12H2,(H,29,36)(H,30,34)(H,31,35). The lowest BCUT2D eigenvalue weighted by Gasteiger charge is -2.46. The predicted molar refractivity (Wildman–Crippen MR) is 117 cm³/mol. The van der Waals surface area contributed by atoms with Gasteiger partial charge in [-0.25, -0.2) is 17.6 Å². The van der Waals surface area contributed by atoms with Crippen LogP contribution in [0.2, 0.25) is 0 Å². The van der Waals surface area contributed by atoms with Crippen LogP contribution in [0.3, 0.4) is 0 Å². The Labute approximate surface area is 204 Å². The Kier molecular flexibility index (Phi) is 6.74. The van der Waals surface area contributed by atoms with Crippen molar-refractivity contribution < 1.29 is 41.8 Å². The summed E-state index contributed by atoms with van der Waals surface area (Å²) in [6.45, 7) is 0. The van der Waals surface area contributed by atoms with Crippen LogP contribution in [0.25, 0.3) is 0 Å². The van der Waals surface area contributed by atoms with Crippen LogP contribution < -0.4 is 16.0 Å². The minimum atomic E-state index is -3.29. The summed E-state index contributed by atoms with van der Waals surface area (Å²) in [5.74, 6) is -9.48. The molecule has 3 saturated carbocycles. The molecule has 0 saturated heterocycles. The highest BCUT2D eigenvalue weighted by Gasteiger charge is 2.63. The van der Waals surface area contributed by atoms with Crippen molar-refractivity contribution in [2.45, 2.75) is 87.0 Å². The largest absolute Gasteiger partial charge is 0.505 e. The summed E-state index contributed by atoms with van der Waals surface area (Å²) in [5.41, 5.74) is -4.28. The first-order valence-electron chi connectivity index (χ1n) is 11.8. The molecule has 3 amide bonds. The fraction of sp³-hybridized carbons (Fsp3) is 0.583. The van der Waals surface area contributed by atoms with E-state index in [-0.39, 0.29) is 24.4 Å². The molecule has 0 heterocycles. The van der Waals surface area contributed by atoms with Gasteiger partial charge in [0, 0.05) is 30.9 Å². The van der Waals surface area contributed by atoms with E-state index in [9.17, 15) is 37.5 Å². The molecule has 1 aromatic carbocycles. The van der Waals surface area contributed by atoms with Gasteiger partial charge in [-0.1, -0.05) is 12.8 Å². The highest BCUT2D eigenvalue weighted by molar-refractivity contribution is 6.40.